The van der Waals surface area contributed by atoms with E-state index in [1.807, 2.05) is 13.8 Å². The van der Waals surface area contributed by atoms with Crippen LogP contribution in [-0.4, -0.2) is 18.0 Å². The highest BCUT2D eigenvalue weighted by Gasteiger charge is 2.40. The molecule has 0 aromatic rings. The zero-order valence-electron chi connectivity index (χ0n) is 11.8. The average Bonchev–Trinajstić information content (AvgIpc) is 2.61. The second-order valence-corrected chi connectivity index (χ2v) is 5.79. The molecule has 2 nitrogen and oxygen atoms in total. The smallest absolute Gasteiger partial charge is 0.163 e. The van der Waals surface area contributed by atoms with Crippen LogP contribution in [0.2, 0.25) is 0 Å². The molecule has 1 heterocycles. The van der Waals surface area contributed by atoms with Gasteiger partial charge in [0.2, 0.25) is 0 Å². The summed E-state index contributed by atoms with van der Waals surface area (Å²) in [6.07, 6.45) is 8.64. The Balaban J connectivity index is 2.33. The van der Waals surface area contributed by atoms with Gasteiger partial charge in [-0.05, 0) is 25.1 Å². The molecule has 1 rings (SSSR count). The summed E-state index contributed by atoms with van der Waals surface area (Å²) >= 11 is 3.13. The highest BCUT2D eigenvalue weighted by Crippen LogP contribution is 2.32. The third-order valence-corrected chi connectivity index (χ3v) is 3.53. The molecule has 0 unspecified atom stereocenters. The van der Waals surface area contributed by atoms with E-state index in [1.165, 1.54) is 32.1 Å². The van der Waals surface area contributed by atoms with Crippen LogP contribution in [-0.2, 0) is 9.47 Å². The first-order valence-corrected chi connectivity index (χ1v) is 7.82. The quantitative estimate of drug-likeness (QED) is 0.504. The minimum Gasteiger partial charge on any atom is -0.345 e. The number of hydrogen-bond acceptors (Lipinski definition) is 2. The van der Waals surface area contributed by atoms with Crippen LogP contribution in [0.4, 0.5) is 0 Å². The van der Waals surface area contributed by atoms with Crippen LogP contribution in [0.1, 0.15) is 65.7 Å². The maximum Gasteiger partial charge on any atom is 0.163 e. The van der Waals surface area contributed by atoms with Crippen molar-refractivity contribution in [3.8, 4) is 10.8 Å². The molecule has 1 saturated heterocycles. The molecule has 2 atom stereocenters. The highest BCUT2D eigenvalue weighted by molar-refractivity contribution is 9.12. The fourth-order valence-electron chi connectivity index (χ4n) is 2.41. The Kier molecular flexibility index (Phi) is 7.29. The third kappa shape index (κ3) is 5.73. The predicted octanol–water partition coefficient (Wildman–Crippen LogP) is 4.61. The zero-order chi connectivity index (χ0) is 13.4. The van der Waals surface area contributed by atoms with Gasteiger partial charge in [0.1, 0.15) is 0 Å². The number of ether oxygens (including phenoxy) is 2. The Morgan fingerprint density at radius 1 is 1.06 bits per heavy atom. The fraction of sp³-hybridized carbons (Fsp3) is 0.867. The molecule has 0 aromatic carbocycles. The van der Waals surface area contributed by atoms with Gasteiger partial charge >= 0.3 is 0 Å². The van der Waals surface area contributed by atoms with E-state index < -0.39 is 5.79 Å². The molecule has 0 spiro atoms. The van der Waals surface area contributed by atoms with E-state index in [9.17, 15) is 0 Å². The lowest BCUT2D eigenvalue weighted by Gasteiger charge is -2.16. The largest absolute Gasteiger partial charge is 0.345 e. The topological polar surface area (TPSA) is 18.5 Å². The maximum atomic E-state index is 5.96. The van der Waals surface area contributed by atoms with E-state index in [-0.39, 0.29) is 12.2 Å². The standard InChI is InChI=1S/C15H25BrO2/c1-4-5-6-7-8-10-13-14(11-9-12-16)18-15(2,3)17-13/h13-14H,4-8,10-11H2,1-3H3/t13-,14-/m1/s1. The highest BCUT2D eigenvalue weighted by atomic mass is 79.9. The van der Waals surface area contributed by atoms with Crippen molar-refractivity contribution in [2.75, 3.05) is 0 Å². The lowest BCUT2D eigenvalue weighted by Crippen LogP contribution is -2.21. The molecule has 3 heteroatoms. The van der Waals surface area contributed by atoms with E-state index >= 15 is 0 Å². The van der Waals surface area contributed by atoms with Crippen molar-refractivity contribution in [3.05, 3.63) is 0 Å². The summed E-state index contributed by atoms with van der Waals surface area (Å²) in [5.41, 5.74) is 0. The molecule has 18 heavy (non-hydrogen) atoms. The second kappa shape index (κ2) is 8.19. The van der Waals surface area contributed by atoms with E-state index in [0.717, 1.165) is 12.8 Å². The Bertz CT molecular complexity index is 291. The van der Waals surface area contributed by atoms with Gasteiger partial charge in [-0.1, -0.05) is 44.9 Å². The van der Waals surface area contributed by atoms with Gasteiger partial charge in [0.15, 0.2) is 5.79 Å². The van der Waals surface area contributed by atoms with E-state index in [0.29, 0.717) is 0 Å². The summed E-state index contributed by atoms with van der Waals surface area (Å²) in [6.45, 7) is 6.21. The minimum absolute atomic E-state index is 0.122. The first kappa shape index (κ1) is 16.0. The summed E-state index contributed by atoms with van der Waals surface area (Å²) in [4.78, 5) is 2.75. The van der Waals surface area contributed by atoms with Gasteiger partial charge in [-0.3, -0.25) is 0 Å². The number of halogens is 1. The Labute approximate surface area is 120 Å². The lowest BCUT2D eigenvalue weighted by molar-refractivity contribution is -0.146. The number of unbranched alkanes of at least 4 members (excludes halogenated alkanes) is 4. The maximum absolute atomic E-state index is 5.96. The van der Waals surface area contributed by atoms with Crippen molar-refractivity contribution in [1.29, 1.82) is 0 Å². The lowest BCUT2D eigenvalue weighted by atomic mass is 10.0. The zero-order valence-corrected chi connectivity index (χ0v) is 13.4. The molecule has 0 N–H and O–H groups in total. The van der Waals surface area contributed by atoms with Gasteiger partial charge < -0.3 is 9.47 Å². The Morgan fingerprint density at radius 3 is 2.39 bits per heavy atom. The van der Waals surface area contributed by atoms with Crippen LogP contribution in [0.5, 0.6) is 0 Å². The van der Waals surface area contributed by atoms with Crippen LogP contribution in [0, 0.1) is 10.8 Å². The summed E-state index contributed by atoms with van der Waals surface area (Å²) in [5.74, 6) is 2.58. The number of rotatable bonds is 7. The van der Waals surface area contributed by atoms with Crippen LogP contribution in [0.15, 0.2) is 0 Å². The molecule has 1 aliphatic heterocycles. The van der Waals surface area contributed by atoms with Crippen molar-refractivity contribution in [1.82, 2.24) is 0 Å². The van der Waals surface area contributed by atoms with Crippen molar-refractivity contribution >= 4 is 15.9 Å². The average molecular weight is 317 g/mol. The minimum atomic E-state index is -0.452. The van der Waals surface area contributed by atoms with Crippen molar-refractivity contribution < 1.29 is 9.47 Å². The van der Waals surface area contributed by atoms with E-state index in [4.69, 9.17) is 9.47 Å². The normalized spacial score (nSPS) is 25.8. The van der Waals surface area contributed by atoms with Crippen LogP contribution >= 0.6 is 15.9 Å². The SMILES string of the molecule is CCCCCCC[C@H]1OC(C)(C)O[C@@H]1CC#CBr. The molecule has 0 aliphatic carbocycles. The van der Waals surface area contributed by atoms with E-state index in [1.54, 1.807) is 0 Å². The Morgan fingerprint density at radius 2 is 1.72 bits per heavy atom. The molecule has 0 radical (unpaired) electrons. The monoisotopic (exact) mass is 316 g/mol. The molecule has 0 aromatic heterocycles. The number of hydrogen-bond donors (Lipinski definition) is 0. The van der Waals surface area contributed by atoms with Crippen molar-refractivity contribution in [3.63, 3.8) is 0 Å². The van der Waals surface area contributed by atoms with Crippen molar-refractivity contribution in [2.24, 2.45) is 0 Å². The summed E-state index contributed by atoms with van der Waals surface area (Å²) < 4.78 is 11.9. The van der Waals surface area contributed by atoms with Gasteiger partial charge in [0, 0.05) is 22.4 Å². The summed E-state index contributed by atoms with van der Waals surface area (Å²) in [6, 6.07) is 0. The van der Waals surface area contributed by atoms with Gasteiger partial charge in [-0.2, -0.15) is 0 Å². The predicted molar refractivity (Wildman–Crippen MR) is 78.5 cm³/mol. The molecular weight excluding hydrogens is 292 g/mol. The first-order valence-electron chi connectivity index (χ1n) is 7.03. The molecule has 1 aliphatic rings. The van der Waals surface area contributed by atoms with Crippen LogP contribution < -0.4 is 0 Å². The summed E-state index contributed by atoms with van der Waals surface area (Å²) in [5, 5.41) is 0. The molecule has 0 amide bonds. The van der Waals surface area contributed by atoms with E-state index in [2.05, 4.69) is 33.6 Å². The fourth-order valence-corrected chi connectivity index (χ4v) is 2.58. The van der Waals surface area contributed by atoms with Gasteiger partial charge in [0.05, 0.1) is 12.2 Å². The summed E-state index contributed by atoms with van der Waals surface area (Å²) in [7, 11) is 0. The molecule has 1 fully saturated rings. The van der Waals surface area contributed by atoms with Gasteiger partial charge in [0.25, 0.3) is 0 Å². The van der Waals surface area contributed by atoms with Crippen molar-refractivity contribution in [2.45, 2.75) is 83.7 Å². The Hall–Kier alpha value is -0.0400. The van der Waals surface area contributed by atoms with Gasteiger partial charge in [-0.25, -0.2) is 0 Å². The molecule has 0 saturated carbocycles. The van der Waals surface area contributed by atoms with Crippen LogP contribution in [0.25, 0.3) is 0 Å². The molecule has 0 bridgehead atoms. The third-order valence-electron chi connectivity index (χ3n) is 3.25. The molecule has 104 valence electrons. The van der Waals surface area contributed by atoms with Gasteiger partial charge in [-0.15, -0.1) is 0 Å². The second-order valence-electron chi connectivity index (χ2n) is 5.39. The van der Waals surface area contributed by atoms with Crippen LogP contribution in [0.3, 0.4) is 0 Å². The molecular formula is C15H25BrO2. The first-order chi connectivity index (χ1) is 8.59.